The number of nitrogens with two attached hydrogens (primary N) is 1. The largest absolute Gasteiger partial charge is 0.491 e. The van der Waals surface area contributed by atoms with Gasteiger partial charge in [0.1, 0.15) is 17.7 Å². The molecule has 5 rings (SSSR count). The lowest BCUT2D eigenvalue weighted by Gasteiger charge is -2.24. The van der Waals surface area contributed by atoms with Gasteiger partial charge in [-0.3, -0.25) is 19.2 Å². The second-order valence-corrected chi connectivity index (χ2v) is 9.33. The van der Waals surface area contributed by atoms with Gasteiger partial charge in [0, 0.05) is 35.3 Å². The van der Waals surface area contributed by atoms with Crippen LogP contribution in [0.2, 0.25) is 0 Å². The first-order valence-corrected chi connectivity index (χ1v) is 12.3. The maximum absolute atomic E-state index is 14.2. The van der Waals surface area contributed by atoms with Crippen molar-refractivity contribution in [1.29, 1.82) is 0 Å². The number of nitrogens with one attached hydrogen (secondary N) is 1. The Bertz CT molecular complexity index is 1360. The number of hydrogen-bond acceptors (Lipinski definition) is 8. The molecule has 0 bridgehead atoms. The van der Waals surface area contributed by atoms with Crippen LogP contribution in [-0.4, -0.2) is 77.1 Å². The fourth-order valence-electron chi connectivity index (χ4n) is 4.69. The summed E-state index contributed by atoms with van der Waals surface area (Å²) in [7, 11) is -2.44. The Morgan fingerprint density at radius 1 is 0.975 bits per heavy atom. The molecule has 2 aromatic carbocycles. The number of hydrogen-bond donors (Lipinski definition) is 5. The maximum atomic E-state index is 14.2. The van der Waals surface area contributed by atoms with Gasteiger partial charge in [0.15, 0.2) is 0 Å². The molecule has 3 aliphatic heterocycles. The summed E-state index contributed by atoms with van der Waals surface area (Å²) < 4.78 is 37.2. The molecular weight excluding hydrogens is 534 g/mol. The second kappa shape index (κ2) is 12.1. The lowest BCUT2D eigenvalue weighted by molar-refractivity contribution is -0.137. The normalized spacial score (nSPS) is 17.2. The molecule has 0 aromatic heterocycles. The first kappa shape index (κ1) is 29.1. The molecule has 3 heterocycles. The molecule has 12 nitrogen and oxygen atoms in total. The number of likely N-dealkylation sites (tertiary alicyclic amines) is 1. The third-order valence-corrected chi connectivity index (χ3v) is 6.75. The number of rotatable bonds is 6. The van der Waals surface area contributed by atoms with Crippen LogP contribution in [0.4, 0.5) is 8.78 Å². The van der Waals surface area contributed by atoms with Crippen molar-refractivity contribution in [3.05, 3.63) is 58.2 Å². The molecule has 1 fully saturated rings. The second-order valence-electron chi connectivity index (χ2n) is 9.33. The zero-order chi connectivity index (χ0) is 29.1. The average molecular weight is 559 g/mol. The molecular formula is C24H25B2F2N3O9. The van der Waals surface area contributed by atoms with Crippen LogP contribution in [0, 0.1) is 11.6 Å². The molecule has 1 unspecified atom stereocenters. The van der Waals surface area contributed by atoms with Crippen LogP contribution in [0.25, 0.3) is 0 Å². The number of aliphatic carboxylic acids is 1. The van der Waals surface area contributed by atoms with Crippen LogP contribution in [0.15, 0.2) is 24.3 Å². The summed E-state index contributed by atoms with van der Waals surface area (Å²) in [5, 5.41) is 30.1. The lowest BCUT2D eigenvalue weighted by atomic mass is 9.78. The van der Waals surface area contributed by atoms with Gasteiger partial charge >= 0.3 is 20.2 Å². The van der Waals surface area contributed by atoms with Crippen molar-refractivity contribution in [1.82, 2.24) is 10.2 Å². The first-order chi connectivity index (χ1) is 19.0. The van der Waals surface area contributed by atoms with Gasteiger partial charge < -0.3 is 40.4 Å². The van der Waals surface area contributed by atoms with E-state index < -0.39 is 55.6 Å². The van der Waals surface area contributed by atoms with E-state index in [1.165, 1.54) is 17.0 Å². The summed E-state index contributed by atoms with van der Waals surface area (Å²) in [6.45, 7) is 0.272. The van der Waals surface area contributed by atoms with Crippen LogP contribution >= 0.6 is 0 Å². The standard InChI is InChI=1S/C16H18BFN2O6.C8H7BFNO3/c18-12-7-9(6-11-10(12)8-26-17(11)25)16(24)20-5-1-2-13(20)15(23)19-4-3-14(21)22;10-7-2-4(8(11)12)1-6-5(7)3-14-9(6)13/h6-7,13,25H,1-5,8H2,(H,19,23)(H,21,22);1-2,13H,3H2,(H2,11,12). The monoisotopic (exact) mass is 559 g/mol. The van der Waals surface area contributed by atoms with Gasteiger partial charge in [-0.1, -0.05) is 0 Å². The molecule has 40 heavy (non-hydrogen) atoms. The van der Waals surface area contributed by atoms with E-state index in [2.05, 4.69) is 5.32 Å². The zero-order valence-electron chi connectivity index (χ0n) is 21.1. The van der Waals surface area contributed by atoms with E-state index in [1.807, 2.05) is 0 Å². The Hall–Kier alpha value is -3.85. The van der Waals surface area contributed by atoms with E-state index in [0.717, 1.165) is 12.1 Å². The fraction of sp³-hybridized carbons (Fsp3) is 0.333. The van der Waals surface area contributed by atoms with E-state index in [4.69, 9.17) is 20.1 Å². The molecule has 0 aliphatic carbocycles. The number of fused-ring (bicyclic) bond motifs is 2. The van der Waals surface area contributed by atoms with E-state index >= 15 is 0 Å². The number of halogens is 2. The SMILES string of the molecule is NC(=O)c1cc(F)c2c(c1)B(O)OC2.O=C(O)CCNC(=O)C1CCCN1C(=O)c1cc(F)c2c(c1)B(O)OC2. The third-order valence-electron chi connectivity index (χ3n) is 6.75. The number of carboxylic acid groups (broad SMARTS) is 1. The Labute approximate surface area is 227 Å². The minimum Gasteiger partial charge on any atom is -0.481 e. The topological polar surface area (TPSA) is 189 Å². The van der Waals surface area contributed by atoms with Gasteiger partial charge in [-0.15, -0.1) is 0 Å². The fourth-order valence-corrected chi connectivity index (χ4v) is 4.69. The van der Waals surface area contributed by atoms with Gasteiger partial charge in [-0.2, -0.15) is 0 Å². The third kappa shape index (κ3) is 6.14. The highest BCUT2D eigenvalue weighted by atomic mass is 19.1. The summed E-state index contributed by atoms with van der Waals surface area (Å²) >= 11 is 0. The van der Waals surface area contributed by atoms with Gasteiger partial charge in [-0.05, 0) is 48.0 Å². The van der Waals surface area contributed by atoms with Crippen molar-refractivity contribution in [2.75, 3.05) is 13.1 Å². The van der Waals surface area contributed by atoms with Crippen molar-refractivity contribution in [3.63, 3.8) is 0 Å². The van der Waals surface area contributed by atoms with Crippen LogP contribution in [0.3, 0.4) is 0 Å². The van der Waals surface area contributed by atoms with Crippen LogP contribution in [-0.2, 0) is 32.1 Å². The molecule has 3 amide bonds. The number of carbonyl (C=O) groups excluding carboxylic acids is 3. The molecule has 0 spiro atoms. The summed E-state index contributed by atoms with van der Waals surface area (Å²) in [5.74, 6) is -3.91. The Morgan fingerprint density at radius 2 is 1.52 bits per heavy atom. The van der Waals surface area contributed by atoms with Crippen LogP contribution in [0.5, 0.6) is 0 Å². The lowest BCUT2D eigenvalue weighted by Crippen LogP contribution is -2.46. The van der Waals surface area contributed by atoms with E-state index in [9.17, 15) is 38.0 Å². The number of amides is 3. The minimum absolute atomic E-state index is 0.0153. The van der Waals surface area contributed by atoms with E-state index in [0.29, 0.717) is 19.4 Å². The molecule has 0 saturated carbocycles. The highest BCUT2D eigenvalue weighted by Gasteiger charge is 2.37. The van der Waals surface area contributed by atoms with Gasteiger partial charge in [0.05, 0.1) is 19.6 Å². The molecule has 1 atom stereocenters. The Balaban J connectivity index is 0.000000222. The number of primary amides is 1. The summed E-state index contributed by atoms with van der Waals surface area (Å²) in [6, 6.07) is 4.13. The molecule has 16 heteroatoms. The van der Waals surface area contributed by atoms with Gasteiger partial charge in [0.2, 0.25) is 11.8 Å². The van der Waals surface area contributed by atoms with E-state index in [1.54, 1.807) is 0 Å². The molecule has 0 radical (unpaired) electrons. The first-order valence-electron chi connectivity index (χ1n) is 12.3. The van der Waals surface area contributed by atoms with E-state index in [-0.39, 0.29) is 59.4 Å². The highest BCUT2D eigenvalue weighted by molar-refractivity contribution is 6.62. The van der Waals surface area contributed by atoms with Crippen molar-refractivity contribution < 1.29 is 52.4 Å². The quantitative estimate of drug-likeness (QED) is 0.259. The number of benzene rings is 2. The highest BCUT2D eigenvalue weighted by Crippen LogP contribution is 2.23. The summed E-state index contributed by atoms with van der Waals surface area (Å²) in [4.78, 5) is 47.7. The predicted molar refractivity (Wildman–Crippen MR) is 135 cm³/mol. The molecule has 2 aromatic rings. The smallest absolute Gasteiger partial charge is 0.481 e. The number of carbonyl (C=O) groups is 4. The van der Waals surface area contributed by atoms with Crippen molar-refractivity contribution in [2.24, 2.45) is 5.73 Å². The molecule has 3 aliphatic rings. The minimum atomic E-state index is -1.28. The average Bonchev–Trinajstić information content (AvgIpc) is 3.63. The number of nitrogens with zero attached hydrogens (tertiary/aromatic N) is 1. The van der Waals surface area contributed by atoms with Gasteiger partial charge in [-0.25, -0.2) is 8.78 Å². The summed E-state index contributed by atoms with van der Waals surface area (Å²) in [5.41, 5.74) is 6.06. The molecule has 210 valence electrons. The zero-order valence-corrected chi connectivity index (χ0v) is 21.1. The van der Waals surface area contributed by atoms with Crippen LogP contribution in [0.1, 0.15) is 51.1 Å². The molecule has 6 N–H and O–H groups in total. The van der Waals surface area contributed by atoms with Gasteiger partial charge in [0.25, 0.3) is 5.91 Å². The number of carboxylic acids is 1. The maximum Gasteiger partial charge on any atom is 0.491 e. The van der Waals surface area contributed by atoms with Crippen molar-refractivity contribution in [3.8, 4) is 0 Å². The Morgan fingerprint density at radius 3 is 2.08 bits per heavy atom. The molecule has 1 saturated heterocycles. The van der Waals surface area contributed by atoms with Crippen molar-refractivity contribution >= 4 is 48.9 Å². The summed E-state index contributed by atoms with van der Waals surface area (Å²) in [6.07, 6.45) is 0.853. The van der Waals surface area contributed by atoms with Crippen LogP contribution < -0.4 is 22.0 Å². The van der Waals surface area contributed by atoms with Crippen molar-refractivity contribution in [2.45, 2.75) is 38.5 Å². The Kier molecular flexibility index (Phi) is 8.83. The predicted octanol–water partition coefficient (Wildman–Crippen LogP) is -1.62.